The summed E-state index contributed by atoms with van der Waals surface area (Å²) in [6, 6.07) is 2.88. The van der Waals surface area contributed by atoms with Gasteiger partial charge in [-0.05, 0) is 12.1 Å². The Labute approximate surface area is 89.9 Å². The first-order chi connectivity index (χ1) is 7.52. The first kappa shape index (κ1) is 12.1. The average molecular weight is 227 g/mol. The third-order valence-electron chi connectivity index (χ3n) is 1.65. The SMILES string of the molecule is O=C(O)[C@H](O)[C@@H](O)C(=O)Oc1cccnc1. The molecular weight excluding hydrogens is 218 g/mol. The van der Waals surface area contributed by atoms with Gasteiger partial charge in [0.25, 0.3) is 0 Å². The molecule has 1 aromatic rings. The van der Waals surface area contributed by atoms with Crippen LogP contribution >= 0.6 is 0 Å². The number of aliphatic hydroxyl groups excluding tert-OH is 2. The van der Waals surface area contributed by atoms with Crippen molar-refractivity contribution in [3.05, 3.63) is 24.5 Å². The maximum Gasteiger partial charge on any atom is 0.343 e. The van der Waals surface area contributed by atoms with Crippen LogP contribution in [0.3, 0.4) is 0 Å². The highest BCUT2D eigenvalue weighted by atomic mass is 16.6. The fourth-order valence-electron chi connectivity index (χ4n) is 0.848. The molecule has 16 heavy (non-hydrogen) atoms. The van der Waals surface area contributed by atoms with E-state index in [0.29, 0.717) is 0 Å². The summed E-state index contributed by atoms with van der Waals surface area (Å²) in [5.41, 5.74) is 0. The Balaban J connectivity index is 2.63. The van der Waals surface area contributed by atoms with Gasteiger partial charge in [0.05, 0.1) is 6.20 Å². The molecule has 1 rings (SSSR count). The lowest BCUT2D eigenvalue weighted by atomic mass is 10.2. The van der Waals surface area contributed by atoms with E-state index in [1.165, 1.54) is 24.5 Å². The second-order valence-electron chi connectivity index (χ2n) is 2.84. The van der Waals surface area contributed by atoms with Crippen molar-refractivity contribution in [2.75, 3.05) is 0 Å². The van der Waals surface area contributed by atoms with Crippen LogP contribution in [0.15, 0.2) is 24.5 Å². The van der Waals surface area contributed by atoms with Crippen molar-refractivity contribution in [1.29, 1.82) is 0 Å². The molecule has 0 aliphatic carbocycles. The molecule has 3 N–H and O–H groups in total. The normalized spacial score (nSPS) is 13.9. The molecule has 7 nitrogen and oxygen atoms in total. The van der Waals surface area contributed by atoms with Gasteiger partial charge in [0.2, 0.25) is 0 Å². The number of carboxylic acids is 1. The summed E-state index contributed by atoms with van der Waals surface area (Å²) in [6.07, 6.45) is -1.71. The van der Waals surface area contributed by atoms with Gasteiger partial charge in [-0.1, -0.05) is 0 Å². The smallest absolute Gasteiger partial charge is 0.343 e. The van der Waals surface area contributed by atoms with E-state index in [-0.39, 0.29) is 5.75 Å². The number of carboxylic acid groups (broad SMARTS) is 1. The van der Waals surface area contributed by atoms with Crippen molar-refractivity contribution in [3.8, 4) is 5.75 Å². The van der Waals surface area contributed by atoms with Gasteiger partial charge < -0.3 is 20.1 Å². The van der Waals surface area contributed by atoms with Crippen molar-refractivity contribution in [2.45, 2.75) is 12.2 Å². The van der Waals surface area contributed by atoms with Crippen LogP contribution in [0.1, 0.15) is 0 Å². The van der Waals surface area contributed by atoms with Crippen LogP contribution in [-0.2, 0) is 9.59 Å². The Morgan fingerprint density at radius 2 is 2.00 bits per heavy atom. The topological polar surface area (TPSA) is 117 Å². The van der Waals surface area contributed by atoms with Gasteiger partial charge in [0.15, 0.2) is 12.2 Å². The summed E-state index contributed by atoms with van der Waals surface area (Å²) in [5, 5.41) is 26.3. The molecule has 1 aromatic heterocycles. The third kappa shape index (κ3) is 3.01. The standard InChI is InChI=1S/C9H9NO6/c11-6(8(13)14)7(12)9(15)16-5-2-1-3-10-4-5/h1-4,6-7,11-12H,(H,13,14)/t6-,7-/m1/s1. The molecule has 0 radical (unpaired) electrons. The molecule has 2 atom stereocenters. The van der Waals surface area contributed by atoms with Crippen molar-refractivity contribution in [3.63, 3.8) is 0 Å². The second kappa shape index (κ2) is 5.19. The highest BCUT2D eigenvalue weighted by molar-refractivity contribution is 5.85. The van der Waals surface area contributed by atoms with Crippen LogP contribution in [0.25, 0.3) is 0 Å². The van der Waals surface area contributed by atoms with E-state index in [0.717, 1.165) is 0 Å². The summed E-state index contributed by atoms with van der Waals surface area (Å²) in [7, 11) is 0. The van der Waals surface area contributed by atoms with E-state index in [2.05, 4.69) is 9.72 Å². The number of aromatic nitrogens is 1. The minimum absolute atomic E-state index is 0.0455. The number of esters is 1. The number of hydrogen-bond donors (Lipinski definition) is 3. The lowest BCUT2D eigenvalue weighted by Gasteiger charge is -2.12. The predicted octanol–water partition coefficient (Wildman–Crippen LogP) is -1.21. The third-order valence-corrected chi connectivity index (χ3v) is 1.65. The number of ether oxygens (including phenoxy) is 1. The van der Waals surface area contributed by atoms with Crippen molar-refractivity contribution in [1.82, 2.24) is 4.98 Å². The van der Waals surface area contributed by atoms with Crippen molar-refractivity contribution >= 4 is 11.9 Å². The molecule has 86 valence electrons. The maximum atomic E-state index is 11.1. The average Bonchev–Trinajstić information content (AvgIpc) is 2.28. The zero-order valence-electron chi connectivity index (χ0n) is 7.98. The number of aliphatic carboxylic acids is 1. The lowest BCUT2D eigenvalue weighted by Crippen LogP contribution is -2.41. The molecule has 0 spiro atoms. The Morgan fingerprint density at radius 1 is 1.31 bits per heavy atom. The van der Waals surface area contributed by atoms with E-state index in [1.54, 1.807) is 0 Å². The summed E-state index contributed by atoms with van der Waals surface area (Å²) in [5.74, 6) is -2.93. The van der Waals surface area contributed by atoms with E-state index < -0.39 is 24.1 Å². The van der Waals surface area contributed by atoms with Crippen molar-refractivity contribution < 1.29 is 29.6 Å². The van der Waals surface area contributed by atoms with E-state index in [1.807, 2.05) is 0 Å². The first-order valence-electron chi connectivity index (χ1n) is 4.23. The largest absolute Gasteiger partial charge is 0.479 e. The zero-order valence-corrected chi connectivity index (χ0v) is 7.98. The van der Waals surface area contributed by atoms with E-state index in [4.69, 9.17) is 15.3 Å². The monoisotopic (exact) mass is 227 g/mol. The minimum Gasteiger partial charge on any atom is -0.479 e. The van der Waals surface area contributed by atoms with Crippen LogP contribution in [0.5, 0.6) is 5.75 Å². The fourth-order valence-corrected chi connectivity index (χ4v) is 0.848. The van der Waals surface area contributed by atoms with Crippen LogP contribution < -0.4 is 4.74 Å². The Kier molecular flexibility index (Phi) is 3.92. The molecule has 0 fully saturated rings. The molecule has 0 saturated heterocycles. The van der Waals surface area contributed by atoms with Gasteiger partial charge in [0.1, 0.15) is 5.75 Å². The number of rotatable bonds is 4. The Bertz CT molecular complexity index is 379. The number of hydrogen-bond acceptors (Lipinski definition) is 6. The molecule has 0 saturated carbocycles. The summed E-state index contributed by atoms with van der Waals surface area (Å²) in [6.45, 7) is 0. The zero-order chi connectivity index (χ0) is 12.1. The number of pyridine rings is 1. The molecule has 1 heterocycles. The number of aliphatic hydroxyl groups is 2. The van der Waals surface area contributed by atoms with Crippen LogP contribution in [0.2, 0.25) is 0 Å². The molecule has 0 aliphatic heterocycles. The molecule has 0 aromatic carbocycles. The van der Waals surface area contributed by atoms with Gasteiger partial charge in [-0.25, -0.2) is 9.59 Å². The number of carbonyl (C=O) groups is 2. The summed E-state index contributed by atoms with van der Waals surface area (Å²) >= 11 is 0. The maximum absolute atomic E-state index is 11.1. The summed E-state index contributed by atoms with van der Waals surface area (Å²) in [4.78, 5) is 25.0. The van der Waals surface area contributed by atoms with Gasteiger partial charge in [-0.3, -0.25) is 4.98 Å². The Morgan fingerprint density at radius 3 is 2.50 bits per heavy atom. The summed E-state index contributed by atoms with van der Waals surface area (Å²) < 4.78 is 4.57. The van der Waals surface area contributed by atoms with E-state index >= 15 is 0 Å². The van der Waals surface area contributed by atoms with Gasteiger partial charge >= 0.3 is 11.9 Å². The van der Waals surface area contributed by atoms with Crippen LogP contribution in [-0.4, -0.2) is 44.5 Å². The van der Waals surface area contributed by atoms with Crippen LogP contribution in [0, 0.1) is 0 Å². The van der Waals surface area contributed by atoms with Gasteiger partial charge in [-0.15, -0.1) is 0 Å². The molecule has 0 aliphatic rings. The molecule has 7 heteroatoms. The van der Waals surface area contributed by atoms with Gasteiger partial charge in [-0.2, -0.15) is 0 Å². The first-order valence-corrected chi connectivity index (χ1v) is 4.23. The molecule has 0 amide bonds. The fraction of sp³-hybridized carbons (Fsp3) is 0.222. The number of nitrogens with zero attached hydrogens (tertiary/aromatic N) is 1. The second-order valence-corrected chi connectivity index (χ2v) is 2.84. The van der Waals surface area contributed by atoms with E-state index in [9.17, 15) is 9.59 Å². The van der Waals surface area contributed by atoms with Gasteiger partial charge in [0, 0.05) is 6.20 Å². The minimum atomic E-state index is -2.22. The molecular formula is C9H9NO6. The Hall–Kier alpha value is -1.99. The number of carbonyl (C=O) groups excluding carboxylic acids is 1. The molecule has 0 bridgehead atoms. The highest BCUT2D eigenvalue weighted by Gasteiger charge is 2.31. The quantitative estimate of drug-likeness (QED) is 0.552. The predicted molar refractivity (Wildman–Crippen MR) is 49.5 cm³/mol. The highest BCUT2D eigenvalue weighted by Crippen LogP contribution is 2.08. The van der Waals surface area contributed by atoms with Crippen LogP contribution in [0.4, 0.5) is 0 Å². The molecule has 0 unspecified atom stereocenters. The lowest BCUT2D eigenvalue weighted by molar-refractivity contribution is -0.164. The van der Waals surface area contributed by atoms with Crippen molar-refractivity contribution in [2.24, 2.45) is 0 Å².